The summed E-state index contributed by atoms with van der Waals surface area (Å²) in [6.07, 6.45) is 3.74. The molecule has 4 heterocycles. The molecule has 0 bridgehead atoms. The van der Waals surface area contributed by atoms with E-state index in [1.807, 2.05) is 58.1 Å². The van der Waals surface area contributed by atoms with Gasteiger partial charge >= 0.3 is 6.09 Å². The Labute approximate surface area is 191 Å². The smallest absolute Gasteiger partial charge is 0.409 e. The van der Waals surface area contributed by atoms with Gasteiger partial charge in [0.25, 0.3) is 0 Å². The van der Waals surface area contributed by atoms with E-state index >= 15 is 0 Å². The number of carbonyl (C=O) groups is 2. The van der Waals surface area contributed by atoms with Gasteiger partial charge in [-0.15, -0.1) is 0 Å². The molecule has 1 atom stereocenters. The van der Waals surface area contributed by atoms with Crippen LogP contribution in [0.5, 0.6) is 11.5 Å². The summed E-state index contributed by atoms with van der Waals surface area (Å²) in [5, 5.41) is 0. The molecule has 0 saturated carbocycles. The minimum absolute atomic E-state index is 0.0343. The fourth-order valence-corrected chi connectivity index (χ4v) is 4.39. The van der Waals surface area contributed by atoms with Crippen LogP contribution in [0, 0.1) is 0 Å². The molecular weight excluding hydrogens is 424 g/mol. The number of imidazole rings is 1. The van der Waals surface area contributed by atoms with E-state index in [1.165, 1.54) is 0 Å². The Hall–Kier alpha value is -3.75. The predicted molar refractivity (Wildman–Crippen MR) is 119 cm³/mol. The van der Waals surface area contributed by atoms with Crippen LogP contribution in [0.3, 0.4) is 0 Å². The van der Waals surface area contributed by atoms with Crippen molar-refractivity contribution in [2.45, 2.75) is 19.3 Å². The summed E-state index contributed by atoms with van der Waals surface area (Å²) in [6.45, 7) is 4.23. The Morgan fingerprint density at radius 2 is 1.85 bits per heavy atom. The molecule has 3 aromatic rings. The molecule has 1 aromatic carbocycles. The zero-order valence-electron chi connectivity index (χ0n) is 18.5. The van der Waals surface area contributed by atoms with E-state index in [-0.39, 0.29) is 31.1 Å². The van der Waals surface area contributed by atoms with Crippen molar-refractivity contribution < 1.29 is 23.8 Å². The van der Waals surface area contributed by atoms with Gasteiger partial charge in [-0.1, -0.05) is 12.1 Å². The van der Waals surface area contributed by atoms with Gasteiger partial charge in [0.15, 0.2) is 11.5 Å². The first-order valence-electron chi connectivity index (χ1n) is 11.1. The average molecular weight is 450 g/mol. The molecule has 33 heavy (non-hydrogen) atoms. The van der Waals surface area contributed by atoms with Crippen LogP contribution in [-0.2, 0) is 9.53 Å². The molecule has 9 heteroatoms. The molecule has 1 unspecified atom stereocenters. The lowest BCUT2D eigenvalue weighted by atomic mass is 9.91. The highest BCUT2D eigenvalue weighted by atomic mass is 16.7. The van der Waals surface area contributed by atoms with E-state index < -0.39 is 0 Å². The van der Waals surface area contributed by atoms with Gasteiger partial charge in [-0.05, 0) is 36.8 Å². The highest BCUT2D eigenvalue weighted by Gasteiger charge is 2.29. The number of nitrogens with zero attached hydrogens (tertiary/aromatic N) is 4. The average Bonchev–Trinajstić information content (AvgIpc) is 3.49. The Morgan fingerprint density at radius 1 is 1.06 bits per heavy atom. The first-order chi connectivity index (χ1) is 16.1. The van der Waals surface area contributed by atoms with Crippen molar-refractivity contribution in [2.24, 2.45) is 0 Å². The van der Waals surface area contributed by atoms with Crippen molar-refractivity contribution in [2.75, 3.05) is 39.6 Å². The Bertz CT molecular complexity index is 1170. The van der Waals surface area contributed by atoms with Gasteiger partial charge < -0.3 is 28.4 Å². The molecule has 1 saturated heterocycles. The normalized spacial score (nSPS) is 16.2. The van der Waals surface area contributed by atoms with Gasteiger partial charge in [0, 0.05) is 50.9 Å². The molecule has 1 fully saturated rings. The summed E-state index contributed by atoms with van der Waals surface area (Å²) in [5.74, 6) is 1.21. The summed E-state index contributed by atoms with van der Waals surface area (Å²) in [7, 11) is 0. The largest absolute Gasteiger partial charge is 0.454 e. The maximum absolute atomic E-state index is 13.4. The summed E-state index contributed by atoms with van der Waals surface area (Å²) in [4.78, 5) is 33.3. The van der Waals surface area contributed by atoms with Gasteiger partial charge in [-0.3, -0.25) is 4.79 Å². The van der Waals surface area contributed by atoms with E-state index in [4.69, 9.17) is 14.2 Å². The van der Waals surface area contributed by atoms with Crippen molar-refractivity contribution in [3.05, 3.63) is 60.0 Å². The molecule has 0 spiro atoms. The van der Waals surface area contributed by atoms with E-state index in [2.05, 4.69) is 4.98 Å². The Balaban J connectivity index is 1.39. The highest BCUT2D eigenvalue weighted by Crippen LogP contribution is 2.38. The number of rotatable bonds is 5. The molecule has 2 aliphatic heterocycles. The summed E-state index contributed by atoms with van der Waals surface area (Å²) in [6, 6.07) is 11.6. The summed E-state index contributed by atoms with van der Waals surface area (Å²) in [5.41, 5.74) is 2.72. The van der Waals surface area contributed by atoms with Crippen LogP contribution in [0.15, 0.2) is 48.8 Å². The zero-order valence-corrected chi connectivity index (χ0v) is 18.5. The van der Waals surface area contributed by atoms with Crippen molar-refractivity contribution >= 4 is 17.6 Å². The van der Waals surface area contributed by atoms with Crippen LogP contribution in [0.4, 0.5) is 4.79 Å². The molecule has 0 radical (unpaired) electrons. The lowest BCUT2D eigenvalue weighted by Crippen LogP contribution is -2.51. The SMILES string of the molecule is CCOC(=O)N1CCN(C(=O)CC(c2ccc3c(c2)OCO3)c2cnc3ccccn23)CC1. The van der Waals surface area contributed by atoms with Gasteiger partial charge in [-0.25, -0.2) is 9.78 Å². The van der Waals surface area contributed by atoms with Gasteiger partial charge in [0.2, 0.25) is 12.7 Å². The highest BCUT2D eigenvalue weighted by molar-refractivity contribution is 5.78. The second-order valence-electron chi connectivity index (χ2n) is 8.05. The first-order valence-corrected chi connectivity index (χ1v) is 11.1. The minimum atomic E-state index is -0.325. The number of piperazine rings is 1. The van der Waals surface area contributed by atoms with Crippen molar-refractivity contribution in [1.29, 1.82) is 0 Å². The second kappa shape index (κ2) is 9.01. The third kappa shape index (κ3) is 4.18. The third-order valence-corrected chi connectivity index (χ3v) is 6.14. The number of fused-ring (bicyclic) bond motifs is 2. The van der Waals surface area contributed by atoms with Gasteiger partial charge in [0.05, 0.1) is 12.3 Å². The van der Waals surface area contributed by atoms with E-state index in [0.717, 1.165) is 16.9 Å². The zero-order chi connectivity index (χ0) is 22.8. The lowest BCUT2D eigenvalue weighted by molar-refractivity contribution is -0.133. The van der Waals surface area contributed by atoms with E-state index in [0.29, 0.717) is 44.3 Å². The molecule has 0 N–H and O–H groups in total. The molecule has 2 amide bonds. The number of pyridine rings is 1. The van der Waals surface area contributed by atoms with E-state index in [9.17, 15) is 9.59 Å². The minimum Gasteiger partial charge on any atom is -0.454 e. The number of aromatic nitrogens is 2. The van der Waals surface area contributed by atoms with Crippen LogP contribution >= 0.6 is 0 Å². The van der Waals surface area contributed by atoms with Crippen LogP contribution in [0.2, 0.25) is 0 Å². The standard InChI is InChI=1S/C24H26N4O5/c1-2-31-24(30)27-11-9-26(10-12-27)23(29)14-18(17-6-7-20-21(13-17)33-16-32-20)19-15-25-22-5-3-4-8-28(19)22/h3-8,13,15,18H,2,9-12,14,16H2,1H3. The Kier molecular flexibility index (Phi) is 5.77. The quantitative estimate of drug-likeness (QED) is 0.594. The van der Waals surface area contributed by atoms with Crippen LogP contribution in [0.25, 0.3) is 5.65 Å². The number of ether oxygens (including phenoxy) is 3. The van der Waals surface area contributed by atoms with Gasteiger partial charge in [-0.2, -0.15) is 0 Å². The van der Waals surface area contributed by atoms with Crippen molar-refractivity contribution in [3.8, 4) is 11.5 Å². The number of hydrogen-bond acceptors (Lipinski definition) is 6. The second-order valence-corrected chi connectivity index (χ2v) is 8.05. The van der Waals surface area contributed by atoms with Crippen LogP contribution in [-0.4, -0.2) is 70.8 Å². The molecule has 2 aromatic heterocycles. The molecule has 5 rings (SSSR count). The predicted octanol–water partition coefficient (Wildman–Crippen LogP) is 2.89. The van der Waals surface area contributed by atoms with Crippen molar-refractivity contribution in [3.63, 3.8) is 0 Å². The molecule has 9 nitrogen and oxygen atoms in total. The summed E-state index contributed by atoms with van der Waals surface area (Å²) < 4.78 is 18.1. The monoisotopic (exact) mass is 450 g/mol. The molecular formula is C24H26N4O5. The fraction of sp³-hybridized carbons (Fsp3) is 0.375. The van der Waals surface area contributed by atoms with E-state index in [1.54, 1.807) is 11.8 Å². The Morgan fingerprint density at radius 3 is 2.67 bits per heavy atom. The fourth-order valence-electron chi connectivity index (χ4n) is 4.39. The van der Waals surface area contributed by atoms with Crippen molar-refractivity contribution in [1.82, 2.24) is 19.2 Å². The van der Waals surface area contributed by atoms with Crippen LogP contribution < -0.4 is 9.47 Å². The lowest BCUT2D eigenvalue weighted by Gasteiger charge is -2.34. The topological polar surface area (TPSA) is 85.6 Å². The maximum atomic E-state index is 13.4. The molecule has 0 aliphatic carbocycles. The number of carbonyl (C=O) groups excluding carboxylic acids is 2. The maximum Gasteiger partial charge on any atom is 0.409 e. The number of hydrogen-bond donors (Lipinski definition) is 0. The summed E-state index contributed by atoms with van der Waals surface area (Å²) >= 11 is 0. The first kappa shape index (κ1) is 21.1. The molecule has 2 aliphatic rings. The van der Waals surface area contributed by atoms with Gasteiger partial charge in [0.1, 0.15) is 5.65 Å². The third-order valence-electron chi connectivity index (χ3n) is 6.14. The number of benzene rings is 1. The number of amides is 2. The van der Waals surface area contributed by atoms with Crippen LogP contribution in [0.1, 0.15) is 30.5 Å². The molecule has 172 valence electrons.